The smallest absolute Gasteiger partial charge is 0.349 e. The van der Waals surface area contributed by atoms with Crippen molar-refractivity contribution in [2.24, 2.45) is 0 Å². The predicted octanol–water partition coefficient (Wildman–Crippen LogP) is 3.93. The van der Waals surface area contributed by atoms with Crippen molar-refractivity contribution in [3.8, 4) is 11.5 Å². The van der Waals surface area contributed by atoms with Gasteiger partial charge in [0, 0.05) is 16.6 Å². The van der Waals surface area contributed by atoms with E-state index in [1.165, 1.54) is 21.8 Å². The number of aryl methyl sites for hydroxylation is 2. The van der Waals surface area contributed by atoms with Crippen LogP contribution in [-0.2, 0) is 22.4 Å². The zero-order valence-corrected chi connectivity index (χ0v) is 15.9. The van der Waals surface area contributed by atoms with E-state index < -0.39 is 12.1 Å². The summed E-state index contributed by atoms with van der Waals surface area (Å²) in [5.74, 6) is 0.447. The van der Waals surface area contributed by atoms with Crippen molar-refractivity contribution in [2.45, 2.75) is 45.1 Å². The van der Waals surface area contributed by atoms with Crippen LogP contribution in [0.4, 0.5) is 5.69 Å². The van der Waals surface area contributed by atoms with Gasteiger partial charge in [-0.15, -0.1) is 11.3 Å². The third-order valence-corrected chi connectivity index (χ3v) is 5.97. The number of anilines is 1. The van der Waals surface area contributed by atoms with Crippen LogP contribution in [0.2, 0.25) is 0 Å². The largest absolute Gasteiger partial charge is 0.454 e. The number of thiophene rings is 1. The third kappa shape index (κ3) is 3.78. The SMILES string of the molecule is CCC(OC(=O)c1cc2c(s1)CCCC2)C(=O)Nc1ccc2c(c1)OCO2. The number of benzene rings is 1. The Kier molecular flexibility index (Phi) is 5.03. The Labute approximate surface area is 161 Å². The molecule has 4 rings (SSSR count). The van der Waals surface area contributed by atoms with Gasteiger partial charge < -0.3 is 19.5 Å². The number of esters is 1. The van der Waals surface area contributed by atoms with Crippen LogP contribution in [0.25, 0.3) is 0 Å². The van der Waals surface area contributed by atoms with Crippen molar-refractivity contribution in [3.05, 3.63) is 39.6 Å². The molecule has 0 saturated heterocycles. The molecule has 1 aliphatic heterocycles. The lowest BCUT2D eigenvalue weighted by Gasteiger charge is -2.15. The van der Waals surface area contributed by atoms with Crippen LogP contribution in [0.1, 0.15) is 46.3 Å². The molecule has 1 aromatic carbocycles. The molecule has 7 heteroatoms. The van der Waals surface area contributed by atoms with E-state index in [1.807, 2.05) is 13.0 Å². The van der Waals surface area contributed by atoms with Gasteiger partial charge in [-0.25, -0.2) is 4.79 Å². The molecule has 6 nitrogen and oxygen atoms in total. The Bertz CT molecular complexity index is 852. The molecule has 1 atom stereocenters. The molecule has 1 aromatic heterocycles. The number of amides is 1. The van der Waals surface area contributed by atoms with Gasteiger partial charge in [0.2, 0.25) is 6.79 Å². The van der Waals surface area contributed by atoms with Crippen LogP contribution in [0, 0.1) is 0 Å². The molecule has 0 saturated carbocycles. The number of fused-ring (bicyclic) bond motifs is 2. The van der Waals surface area contributed by atoms with E-state index in [-0.39, 0.29) is 12.7 Å². The molecule has 0 bridgehead atoms. The van der Waals surface area contributed by atoms with Crippen molar-refractivity contribution in [3.63, 3.8) is 0 Å². The van der Waals surface area contributed by atoms with Gasteiger partial charge in [-0.2, -0.15) is 0 Å². The van der Waals surface area contributed by atoms with Gasteiger partial charge in [-0.05, 0) is 55.9 Å². The van der Waals surface area contributed by atoms with E-state index in [2.05, 4.69) is 5.32 Å². The fourth-order valence-electron chi connectivity index (χ4n) is 3.30. The normalized spacial score (nSPS) is 15.7. The highest BCUT2D eigenvalue weighted by Crippen LogP contribution is 2.34. The van der Waals surface area contributed by atoms with Crippen LogP contribution < -0.4 is 14.8 Å². The first-order valence-corrected chi connectivity index (χ1v) is 9.98. The molecule has 27 heavy (non-hydrogen) atoms. The number of rotatable bonds is 5. The summed E-state index contributed by atoms with van der Waals surface area (Å²) < 4.78 is 16.1. The number of nitrogens with one attached hydrogen (secondary N) is 1. The summed E-state index contributed by atoms with van der Waals surface area (Å²) in [6.45, 7) is 1.99. The van der Waals surface area contributed by atoms with Crippen molar-refractivity contribution in [1.82, 2.24) is 0 Å². The molecule has 1 unspecified atom stereocenters. The van der Waals surface area contributed by atoms with Crippen molar-refractivity contribution in [2.75, 3.05) is 12.1 Å². The summed E-state index contributed by atoms with van der Waals surface area (Å²) in [6, 6.07) is 7.08. The van der Waals surface area contributed by atoms with Crippen molar-refractivity contribution >= 4 is 28.9 Å². The highest BCUT2D eigenvalue weighted by atomic mass is 32.1. The van der Waals surface area contributed by atoms with E-state index in [9.17, 15) is 9.59 Å². The summed E-state index contributed by atoms with van der Waals surface area (Å²) in [7, 11) is 0. The van der Waals surface area contributed by atoms with E-state index in [0.29, 0.717) is 28.5 Å². The quantitative estimate of drug-likeness (QED) is 0.787. The number of hydrogen-bond donors (Lipinski definition) is 1. The van der Waals surface area contributed by atoms with Gasteiger partial charge in [-0.1, -0.05) is 6.92 Å². The van der Waals surface area contributed by atoms with Gasteiger partial charge in [0.05, 0.1) is 0 Å². The standard InChI is InChI=1S/C20H21NO5S/c1-2-14(19(22)21-13-7-8-15-16(10-13)25-11-24-15)26-20(23)18-9-12-5-3-4-6-17(12)27-18/h7-10,14H,2-6,11H2,1H3,(H,21,22). The van der Waals surface area contributed by atoms with Crippen LogP contribution in [-0.4, -0.2) is 24.8 Å². The second-order valence-corrected chi connectivity index (χ2v) is 7.76. The predicted molar refractivity (Wildman–Crippen MR) is 102 cm³/mol. The van der Waals surface area contributed by atoms with Gasteiger partial charge in [0.1, 0.15) is 4.88 Å². The Morgan fingerprint density at radius 3 is 2.81 bits per heavy atom. The molecule has 2 aromatic rings. The van der Waals surface area contributed by atoms with Crippen LogP contribution >= 0.6 is 11.3 Å². The lowest BCUT2D eigenvalue weighted by Crippen LogP contribution is -2.31. The maximum atomic E-state index is 12.5. The second kappa shape index (κ2) is 7.60. The van der Waals surface area contributed by atoms with Crippen LogP contribution in [0.3, 0.4) is 0 Å². The maximum Gasteiger partial charge on any atom is 0.349 e. The summed E-state index contributed by atoms with van der Waals surface area (Å²) in [6.07, 6.45) is 3.91. The van der Waals surface area contributed by atoms with Gasteiger partial charge >= 0.3 is 5.97 Å². The average molecular weight is 387 g/mol. The Morgan fingerprint density at radius 2 is 2.00 bits per heavy atom. The molecule has 0 fully saturated rings. The average Bonchev–Trinajstić information content (AvgIpc) is 3.31. The monoisotopic (exact) mass is 387 g/mol. The number of carbonyl (C=O) groups is 2. The molecule has 0 radical (unpaired) electrons. The van der Waals surface area contributed by atoms with Crippen molar-refractivity contribution in [1.29, 1.82) is 0 Å². The van der Waals surface area contributed by atoms with E-state index in [1.54, 1.807) is 18.2 Å². The van der Waals surface area contributed by atoms with Gasteiger partial charge in [0.25, 0.3) is 5.91 Å². The zero-order valence-electron chi connectivity index (χ0n) is 15.1. The second-order valence-electron chi connectivity index (χ2n) is 6.63. The van der Waals surface area contributed by atoms with E-state index in [0.717, 1.165) is 25.7 Å². The Morgan fingerprint density at radius 1 is 1.19 bits per heavy atom. The van der Waals surface area contributed by atoms with Gasteiger partial charge in [0.15, 0.2) is 17.6 Å². The lowest BCUT2D eigenvalue weighted by molar-refractivity contribution is -0.124. The first kappa shape index (κ1) is 17.9. The third-order valence-electron chi connectivity index (χ3n) is 4.75. The fourth-order valence-corrected chi connectivity index (χ4v) is 4.43. The van der Waals surface area contributed by atoms with Crippen LogP contribution in [0.5, 0.6) is 11.5 Å². The van der Waals surface area contributed by atoms with E-state index >= 15 is 0 Å². The van der Waals surface area contributed by atoms with Crippen LogP contribution in [0.15, 0.2) is 24.3 Å². The van der Waals surface area contributed by atoms with Gasteiger partial charge in [-0.3, -0.25) is 4.79 Å². The summed E-state index contributed by atoms with van der Waals surface area (Å²) in [5.41, 5.74) is 1.82. The minimum Gasteiger partial charge on any atom is -0.454 e. The molecule has 142 valence electrons. The lowest BCUT2D eigenvalue weighted by atomic mass is 9.99. The van der Waals surface area contributed by atoms with E-state index in [4.69, 9.17) is 14.2 Å². The first-order chi connectivity index (χ1) is 13.1. The number of ether oxygens (including phenoxy) is 3. The Balaban J connectivity index is 1.41. The maximum absolute atomic E-state index is 12.5. The van der Waals surface area contributed by atoms with Crippen molar-refractivity contribution < 1.29 is 23.8 Å². The topological polar surface area (TPSA) is 73.9 Å². The number of hydrogen-bond acceptors (Lipinski definition) is 6. The highest BCUT2D eigenvalue weighted by Gasteiger charge is 2.25. The minimum absolute atomic E-state index is 0.173. The Hall–Kier alpha value is -2.54. The highest BCUT2D eigenvalue weighted by molar-refractivity contribution is 7.14. The minimum atomic E-state index is -0.845. The first-order valence-electron chi connectivity index (χ1n) is 9.17. The molecule has 2 aliphatic rings. The number of carbonyl (C=O) groups excluding carboxylic acids is 2. The fraction of sp³-hybridized carbons (Fsp3) is 0.400. The zero-order chi connectivity index (χ0) is 18.8. The summed E-state index contributed by atoms with van der Waals surface area (Å²) in [4.78, 5) is 26.9. The summed E-state index contributed by atoms with van der Waals surface area (Å²) in [5, 5.41) is 2.78. The summed E-state index contributed by atoms with van der Waals surface area (Å²) >= 11 is 1.49. The molecule has 0 spiro atoms. The molecule has 2 heterocycles. The molecule has 1 amide bonds. The molecule has 1 N–H and O–H groups in total. The molecular weight excluding hydrogens is 366 g/mol. The molecule has 1 aliphatic carbocycles. The molecular formula is C20H21NO5S.